The lowest BCUT2D eigenvalue weighted by molar-refractivity contribution is 0.280. The van der Waals surface area contributed by atoms with Crippen LogP contribution >= 0.6 is 11.3 Å². The monoisotopic (exact) mass is 225 g/mol. The minimum atomic E-state index is 0.290. The van der Waals surface area contributed by atoms with Crippen molar-refractivity contribution in [2.24, 2.45) is 10.9 Å². The molecule has 0 radical (unpaired) electrons. The minimum absolute atomic E-state index is 0.290. The maximum absolute atomic E-state index is 8.55. The summed E-state index contributed by atoms with van der Waals surface area (Å²) < 4.78 is 0. The Morgan fingerprint density at radius 1 is 1.67 bits per heavy atom. The van der Waals surface area contributed by atoms with Crippen LogP contribution in [0.4, 0.5) is 0 Å². The fraction of sp³-hybridized carbons (Fsp3) is 0.500. The van der Waals surface area contributed by atoms with Gasteiger partial charge in [-0.1, -0.05) is 11.2 Å². The highest BCUT2D eigenvalue weighted by molar-refractivity contribution is 7.09. The van der Waals surface area contributed by atoms with Crippen molar-refractivity contribution in [1.82, 2.24) is 4.90 Å². The van der Waals surface area contributed by atoms with Crippen LogP contribution in [0.15, 0.2) is 22.7 Å². The summed E-state index contributed by atoms with van der Waals surface area (Å²) >= 11 is 1.75. The number of thiophene rings is 1. The highest BCUT2D eigenvalue weighted by Crippen LogP contribution is 2.28. The molecule has 1 aliphatic carbocycles. The van der Waals surface area contributed by atoms with Crippen LogP contribution in [0.1, 0.15) is 17.7 Å². The van der Waals surface area contributed by atoms with Gasteiger partial charge in [0, 0.05) is 17.5 Å². The summed E-state index contributed by atoms with van der Waals surface area (Å²) in [4.78, 5) is 3.59. The largest absolute Gasteiger partial charge is 0.409 e. The average molecular weight is 225 g/mol. The Labute approximate surface area is 93.0 Å². The van der Waals surface area contributed by atoms with Crippen molar-refractivity contribution in [2.75, 3.05) is 6.54 Å². The first-order valence-corrected chi connectivity index (χ1v) is 5.90. The fourth-order valence-electron chi connectivity index (χ4n) is 1.60. The number of rotatable bonds is 5. The zero-order valence-corrected chi connectivity index (χ0v) is 9.28. The molecule has 15 heavy (non-hydrogen) atoms. The number of oxime groups is 1. The Bertz CT molecular complexity index is 332. The Morgan fingerprint density at radius 2 is 2.47 bits per heavy atom. The zero-order valence-electron chi connectivity index (χ0n) is 8.47. The molecule has 0 bridgehead atoms. The summed E-state index contributed by atoms with van der Waals surface area (Å²) in [6.07, 6.45) is 2.45. The molecule has 0 aliphatic heterocycles. The number of nitrogens with zero attached hydrogens (tertiary/aromatic N) is 2. The molecule has 0 unspecified atom stereocenters. The molecule has 82 valence electrons. The predicted molar refractivity (Wildman–Crippen MR) is 61.2 cm³/mol. The molecule has 4 nitrogen and oxygen atoms in total. The predicted octanol–water partition coefficient (Wildman–Crippen LogP) is 1.46. The Morgan fingerprint density at radius 3 is 3.00 bits per heavy atom. The molecular formula is C10H15N3OS. The summed E-state index contributed by atoms with van der Waals surface area (Å²) in [6, 6.07) is 4.79. The lowest BCUT2D eigenvalue weighted by Crippen LogP contribution is -2.34. The second kappa shape index (κ2) is 4.63. The van der Waals surface area contributed by atoms with E-state index in [-0.39, 0.29) is 0 Å². The van der Waals surface area contributed by atoms with Gasteiger partial charge in [0.15, 0.2) is 5.84 Å². The molecule has 0 saturated heterocycles. The van der Waals surface area contributed by atoms with Crippen molar-refractivity contribution in [2.45, 2.75) is 25.4 Å². The lowest BCUT2D eigenvalue weighted by atomic mass is 10.3. The van der Waals surface area contributed by atoms with Crippen LogP contribution in [0.5, 0.6) is 0 Å². The quantitative estimate of drug-likeness (QED) is 0.345. The molecule has 0 aromatic carbocycles. The van der Waals surface area contributed by atoms with Crippen molar-refractivity contribution in [3.63, 3.8) is 0 Å². The van der Waals surface area contributed by atoms with Crippen LogP contribution in [0.2, 0.25) is 0 Å². The first-order valence-electron chi connectivity index (χ1n) is 5.02. The molecule has 0 atom stereocenters. The van der Waals surface area contributed by atoms with E-state index in [0.717, 1.165) is 6.54 Å². The fourth-order valence-corrected chi connectivity index (χ4v) is 2.33. The number of hydrogen-bond acceptors (Lipinski definition) is 4. The molecule has 2 rings (SSSR count). The number of hydrogen-bond donors (Lipinski definition) is 2. The number of nitrogens with two attached hydrogens (primary N) is 1. The second-order valence-corrected chi connectivity index (χ2v) is 4.84. The van der Waals surface area contributed by atoms with Crippen LogP contribution in [-0.2, 0) is 6.54 Å². The Kier molecular flexibility index (Phi) is 3.23. The Hall–Kier alpha value is -1.07. The van der Waals surface area contributed by atoms with Crippen molar-refractivity contribution in [3.8, 4) is 0 Å². The molecular weight excluding hydrogens is 210 g/mol. The van der Waals surface area contributed by atoms with E-state index in [9.17, 15) is 0 Å². The van der Waals surface area contributed by atoms with Crippen molar-refractivity contribution in [3.05, 3.63) is 22.4 Å². The Balaban J connectivity index is 1.94. The van der Waals surface area contributed by atoms with Crippen LogP contribution in [-0.4, -0.2) is 28.5 Å². The van der Waals surface area contributed by atoms with Gasteiger partial charge in [0.1, 0.15) is 0 Å². The van der Waals surface area contributed by atoms with E-state index in [1.165, 1.54) is 17.7 Å². The summed E-state index contributed by atoms with van der Waals surface area (Å²) in [5, 5.41) is 13.6. The maximum Gasteiger partial charge on any atom is 0.153 e. The van der Waals surface area contributed by atoms with E-state index in [2.05, 4.69) is 27.6 Å². The minimum Gasteiger partial charge on any atom is -0.409 e. The SMILES string of the molecule is NC(CN(Cc1cccs1)C1CC1)=NO. The first kappa shape index (κ1) is 10.4. The third-order valence-electron chi connectivity index (χ3n) is 2.50. The second-order valence-electron chi connectivity index (χ2n) is 3.81. The molecule has 3 N–H and O–H groups in total. The average Bonchev–Trinajstić information content (AvgIpc) is 2.97. The molecule has 0 amide bonds. The van der Waals surface area contributed by atoms with Crippen molar-refractivity contribution < 1.29 is 5.21 Å². The van der Waals surface area contributed by atoms with E-state index in [1.807, 2.05) is 0 Å². The maximum atomic E-state index is 8.55. The summed E-state index contributed by atoms with van der Waals surface area (Å²) in [5.41, 5.74) is 5.53. The van der Waals surface area contributed by atoms with Crippen molar-refractivity contribution >= 4 is 17.2 Å². The van der Waals surface area contributed by atoms with Gasteiger partial charge in [-0.05, 0) is 24.3 Å². The van der Waals surface area contributed by atoms with Gasteiger partial charge in [0.05, 0.1) is 6.54 Å². The highest BCUT2D eigenvalue weighted by atomic mass is 32.1. The summed E-state index contributed by atoms with van der Waals surface area (Å²) in [6.45, 7) is 1.46. The smallest absolute Gasteiger partial charge is 0.153 e. The molecule has 1 aromatic heterocycles. The molecule has 1 fully saturated rings. The van der Waals surface area contributed by atoms with Gasteiger partial charge in [-0.3, -0.25) is 4.90 Å². The van der Waals surface area contributed by atoms with Gasteiger partial charge in [0.25, 0.3) is 0 Å². The molecule has 1 saturated carbocycles. The highest BCUT2D eigenvalue weighted by Gasteiger charge is 2.29. The van der Waals surface area contributed by atoms with E-state index in [1.54, 1.807) is 11.3 Å². The zero-order chi connectivity index (χ0) is 10.7. The van der Waals surface area contributed by atoms with E-state index in [0.29, 0.717) is 18.4 Å². The van der Waals surface area contributed by atoms with Crippen LogP contribution in [0, 0.1) is 0 Å². The standard InChI is InChI=1S/C10H15N3OS/c11-10(12-14)7-13(8-3-4-8)6-9-2-1-5-15-9/h1-2,5,8,14H,3-4,6-7H2,(H2,11,12). The van der Waals surface area contributed by atoms with Crippen LogP contribution in [0.3, 0.4) is 0 Å². The molecule has 0 spiro atoms. The van der Waals surface area contributed by atoms with Gasteiger partial charge in [-0.25, -0.2) is 0 Å². The molecule has 1 heterocycles. The van der Waals surface area contributed by atoms with Crippen LogP contribution < -0.4 is 5.73 Å². The normalized spacial score (nSPS) is 17.3. The topological polar surface area (TPSA) is 61.8 Å². The van der Waals surface area contributed by atoms with E-state index < -0.39 is 0 Å². The van der Waals surface area contributed by atoms with E-state index in [4.69, 9.17) is 10.9 Å². The third kappa shape index (κ3) is 2.94. The molecule has 5 heteroatoms. The van der Waals surface area contributed by atoms with Crippen LogP contribution in [0.25, 0.3) is 0 Å². The van der Waals surface area contributed by atoms with Gasteiger partial charge >= 0.3 is 0 Å². The summed E-state index contributed by atoms with van der Waals surface area (Å²) in [5.74, 6) is 0.290. The molecule has 1 aliphatic rings. The summed E-state index contributed by atoms with van der Waals surface area (Å²) in [7, 11) is 0. The number of amidine groups is 1. The van der Waals surface area contributed by atoms with Gasteiger partial charge in [-0.2, -0.15) is 0 Å². The van der Waals surface area contributed by atoms with Gasteiger partial charge in [0.2, 0.25) is 0 Å². The van der Waals surface area contributed by atoms with Gasteiger partial charge < -0.3 is 10.9 Å². The lowest BCUT2D eigenvalue weighted by Gasteiger charge is -2.19. The van der Waals surface area contributed by atoms with E-state index >= 15 is 0 Å². The van der Waals surface area contributed by atoms with Gasteiger partial charge in [-0.15, -0.1) is 11.3 Å². The molecule has 1 aromatic rings. The first-order chi connectivity index (χ1) is 7.29. The van der Waals surface area contributed by atoms with Crippen molar-refractivity contribution in [1.29, 1.82) is 0 Å². The third-order valence-corrected chi connectivity index (χ3v) is 3.36.